The van der Waals surface area contributed by atoms with E-state index in [1.807, 2.05) is 0 Å². The summed E-state index contributed by atoms with van der Waals surface area (Å²) in [6, 6.07) is -1.80. The molecule has 4 atom stereocenters. The van der Waals surface area contributed by atoms with Crippen LogP contribution >= 0.6 is 0 Å². The van der Waals surface area contributed by atoms with Crippen LogP contribution in [0.2, 0.25) is 0 Å². The second-order valence-electron chi connectivity index (χ2n) is 4.30. The van der Waals surface area contributed by atoms with E-state index >= 15 is 0 Å². The number of nitrogens with zero attached hydrogens (tertiary/aromatic N) is 2. The van der Waals surface area contributed by atoms with Gasteiger partial charge in [-0.2, -0.15) is 0 Å². The van der Waals surface area contributed by atoms with E-state index in [-0.39, 0.29) is 23.7 Å². The van der Waals surface area contributed by atoms with E-state index < -0.39 is 23.1 Å². The molecule has 0 amide bonds. The molecule has 0 aromatic heterocycles. The van der Waals surface area contributed by atoms with Crippen molar-refractivity contribution in [1.82, 2.24) is 0 Å². The van der Waals surface area contributed by atoms with Crippen molar-refractivity contribution < 1.29 is 15.0 Å². The largest absolute Gasteiger partial charge is 0.386 e. The predicted molar refractivity (Wildman–Crippen MR) is 61.9 cm³/mol. The summed E-state index contributed by atoms with van der Waals surface area (Å²) >= 11 is 0. The summed E-state index contributed by atoms with van der Waals surface area (Å²) < 4.78 is 0. The molecular weight excluding hydrogens is 228 g/mol. The molecule has 0 radical (unpaired) electrons. The Morgan fingerprint density at radius 1 is 1.06 bits per heavy atom. The minimum absolute atomic E-state index is 0.0823. The fourth-order valence-electron chi connectivity index (χ4n) is 2.02. The van der Waals surface area contributed by atoms with Crippen molar-refractivity contribution >= 4 is 0 Å². The van der Waals surface area contributed by atoms with Crippen LogP contribution in [0, 0.1) is 26.1 Å². The average Bonchev–Trinajstić information content (AvgIpc) is 2.17. The molecule has 0 aliphatic heterocycles. The number of aliphatic hydroxyl groups is 1. The first-order chi connectivity index (χ1) is 7.84. The lowest BCUT2D eigenvalue weighted by molar-refractivity contribution is -0.541. The van der Waals surface area contributed by atoms with Crippen LogP contribution in [0.3, 0.4) is 0 Å². The monoisotopic (exact) mass is 248 g/mol. The molecule has 17 heavy (non-hydrogen) atoms. The van der Waals surface area contributed by atoms with Crippen LogP contribution < -0.4 is 0 Å². The van der Waals surface area contributed by atoms with Gasteiger partial charge in [-0.1, -0.05) is 20.8 Å². The van der Waals surface area contributed by atoms with E-state index in [1.54, 1.807) is 20.8 Å². The molecule has 0 bridgehead atoms. The van der Waals surface area contributed by atoms with Crippen molar-refractivity contribution in [1.29, 1.82) is 0 Å². The third-order valence-corrected chi connectivity index (χ3v) is 3.09. The van der Waals surface area contributed by atoms with Crippen LogP contribution in [-0.2, 0) is 0 Å². The summed E-state index contributed by atoms with van der Waals surface area (Å²) in [7, 11) is 0. The number of hydrogen-bond acceptors (Lipinski definition) is 5. The maximum atomic E-state index is 10.7. The van der Waals surface area contributed by atoms with Gasteiger partial charge in [0.15, 0.2) is 0 Å². The molecule has 100 valence electrons. The Hall–Kier alpha value is -1.24. The van der Waals surface area contributed by atoms with Crippen LogP contribution in [-0.4, -0.2) is 33.1 Å². The molecule has 0 aromatic rings. The van der Waals surface area contributed by atoms with Gasteiger partial charge in [0.1, 0.15) is 6.10 Å². The normalized spacial score (nSPS) is 18.1. The first-order valence-corrected chi connectivity index (χ1v) is 5.80. The zero-order valence-electron chi connectivity index (χ0n) is 10.4. The molecular formula is C10H20N2O5. The number of hydrogen-bond donors (Lipinski definition) is 1. The topological polar surface area (TPSA) is 107 Å². The van der Waals surface area contributed by atoms with Crippen molar-refractivity contribution in [3.8, 4) is 0 Å². The minimum atomic E-state index is -1.13. The van der Waals surface area contributed by atoms with Crippen LogP contribution in [0.5, 0.6) is 0 Å². The summed E-state index contributed by atoms with van der Waals surface area (Å²) in [5.74, 6) is -0.376. The quantitative estimate of drug-likeness (QED) is 0.517. The Morgan fingerprint density at radius 3 is 1.76 bits per heavy atom. The molecule has 7 heteroatoms. The molecule has 0 spiro atoms. The Morgan fingerprint density at radius 2 is 1.47 bits per heavy atom. The smallest absolute Gasteiger partial charge is 0.238 e. The van der Waals surface area contributed by atoms with Gasteiger partial charge in [-0.15, -0.1) is 0 Å². The van der Waals surface area contributed by atoms with Crippen molar-refractivity contribution in [3.05, 3.63) is 20.2 Å². The van der Waals surface area contributed by atoms with Crippen molar-refractivity contribution in [3.63, 3.8) is 0 Å². The van der Waals surface area contributed by atoms with Gasteiger partial charge in [0.25, 0.3) is 0 Å². The molecule has 0 aliphatic carbocycles. The first-order valence-electron chi connectivity index (χ1n) is 5.80. The maximum Gasteiger partial charge on any atom is 0.238 e. The highest BCUT2D eigenvalue weighted by molar-refractivity contribution is 4.73. The van der Waals surface area contributed by atoms with Gasteiger partial charge in [0.05, 0.1) is 0 Å². The summed E-state index contributed by atoms with van der Waals surface area (Å²) in [4.78, 5) is 20.4. The predicted octanol–water partition coefficient (Wildman–Crippen LogP) is 1.48. The molecule has 0 aromatic carbocycles. The number of nitro groups is 2. The maximum absolute atomic E-state index is 10.7. The summed E-state index contributed by atoms with van der Waals surface area (Å²) in [5, 5.41) is 31.1. The van der Waals surface area contributed by atoms with Gasteiger partial charge >= 0.3 is 0 Å². The molecule has 0 heterocycles. The van der Waals surface area contributed by atoms with Crippen LogP contribution in [0.15, 0.2) is 0 Å². The summed E-state index contributed by atoms with van der Waals surface area (Å²) in [5.41, 5.74) is 0. The SMILES string of the molecule is CC[C@H]([C@H](C)C[C@H](O)[C@@H](CC)[N+](=O)[O-])[N+](=O)[O-]. The zero-order valence-corrected chi connectivity index (χ0v) is 10.4. The van der Waals surface area contributed by atoms with Gasteiger partial charge in [-0.3, -0.25) is 20.2 Å². The van der Waals surface area contributed by atoms with Crippen LogP contribution in [0.4, 0.5) is 0 Å². The third-order valence-electron chi connectivity index (χ3n) is 3.09. The van der Waals surface area contributed by atoms with E-state index in [1.165, 1.54) is 0 Å². The molecule has 0 rings (SSSR count). The van der Waals surface area contributed by atoms with Crippen LogP contribution in [0.1, 0.15) is 40.0 Å². The molecule has 0 saturated heterocycles. The lowest BCUT2D eigenvalue weighted by Crippen LogP contribution is -2.37. The fraction of sp³-hybridized carbons (Fsp3) is 1.00. The lowest BCUT2D eigenvalue weighted by Gasteiger charge is -2.20. The molecule has 0 saturated carbocycles. The molecule has 7 nitrogen and oxygen atoms in total. The van der Waals surface area contributed by atoms with Gasteiger partial charge in [-0.25, -0.2) is 0 Å². The Kier molecular flexibility index (Phi) is 6.64. The standard InChI is InChI=1S/C10H20N2O5/c1-4-8(11(14)15)7(3)6-10(13)9(5-2)12(16)17/h7-10,13H,4-6H2,1-3H3/t7-,8-,9-,10+/m1/s1. The van der Waals surface area contributed by atoms with E-state index in [4.69, 9.17) is 0 Å². The lowest BCUT2D eigenvalue weighted by atomic mass is 9.91. The van der Waals surface area contributed by atoms with Crippen LogP contribution in [0.25, 0.3) is 0 Å². The third kappa shape index (κ3) is 4.64. The molecule has 0 unspecified atom stereocenters. The van der Waals surface area contributed by atoms with E-state index in [2.05, 4.69) is 0 Å². The average molecular weight is 248 g/mol. The van der Waals surface area contributed by atoms with E-state index in [0.29, 0.717) is 6.42 Å². The summed E-state index contributed by atoms with van der Waals surface area (Å²) in [6.45, 7) is 4.96. The Balaban J connectivity index is 4.50. The van der Waals surface area contributed by atoms with Crippen molar-refractivity contribution in [2.75, 3.05) is 0 Å². The van der Waals surface area contributed by atoms with Gasteiger partial charge < -0.3 is 5.11 Å². The minimum Gasteiger partial charge on any atom is -0.386 e. The van der Waals surface area contributed by atoms with E-state index in [9.17, 15) is 25.3 Å². The molecule has 1 N–H and O–H groups in total. The second kappa shape index (κ2) is 7.16. The fourth-order valence-corrected chi connectivity index (χ4v) is 2.02. The highest BCUT2D eigenvalue weighted by atomic mass is 16.6. The van der Waals surface area contributed by atoms with Gasteiger partial charge in [0.2, 0.25) is 12.1 Å². The number of aliphatic hydroxyl groups excluding tert-OH is 1. The number of rotatable bonds is 8. The Bertz CT molecular complexity index is 245. The zero-order chi connectivity index (χ0) is 13.6. The molecule has 0 fully saturated rings. The van der Waals surface area contributed by atoms with E-state index in [0.717, 1.165) is 0 Å². The van der Waals surface area contributed by atoms with Gasteiger partial charge in [0, 0.05) is 28.6 Å². The van der Waals surface area contributed by atoms with Crippen molar-refractivity contribution in [2.24, 2.45) is 5.92 Å². The highest BCUT2D eigenvalue weighted by Crippen LogP contribution is 2.19. The highest BCUT2D eigenvalue weighted by Gasteiger charge is 2.34. The first kappa shape index (κ1) is 15.8. The Labute approximate surface area is 100 Å². The summed E-state index contributed by atoms with van der Waals surface area (Å²) in [6.07, 6.45) is -0.468. The molecule has 0 aliphatic rings. The second-order valence-corrected chi connectivity index (χ2v) is 4.30. The van der Waals surface area contributed by atoms with Gasteiger partial charge in [-0.05, 0) is 6.42 Å². The van der Waals surface area contributed by atoms with Crippen molar-refractivity contribution in [2.45, 2.75) is 58.2 Å².